The number of aryl methyl sites for hydroxylation is 2. The summed E-state index contributed by atoms with van der Waals surface area (Å²) in [5.74, 6) is -1.61. The summed E-state index contributed by atoms with van der Waals surface area (Å²) in [7, 11) is 0. The van der Waals surface area contributed by atoms with Crippen molar-refractivity contribution in [2.24, 2.45) is 5.92 Å². The van der Waals surface area contributed by atoms with Gasteiger partial charge in [0.1, 0.15) is 0 Å². The Morgan fingerprint density at radius 2 is 1.73 bits per heavy atom. The van der Waals surface area contributed by atoms with Gasteiger partial charge >= 0.3 is 5.97 Å². The maximum absolute atomic E-state index is 12.4. The summed E-state index contributed by atoms with van der Waals surface area (Å²) in [4.78, 5) is 36.1. The fraction of sp³-hybridized carbons (Fsp3) is 0.571. The van der Waals surface area contributed by atoms with Crippen LogP contribution in [0.3, 0.4) is 0 Å². The van der Waals surface area contributed by atoms with Gasteiger partial charge in [0.25, 0.3) is 0 Å². The maximum atomic E-state index is 12.4. The van der Waals surface area contributed by atoms with Gasteiger partial charge in [0.15, 0.2) is 5.78 Å². The molecule has 1 aromatic carbocycles. The SMILES string of the molecule is O=C(CCC(=O)c1ccc2c(c1)CCC2)N[C@H]1CCCCC[C@H]1C(=O)O. The number of carbonyl (C=O) groups is 3. The van der Waals surface area contributed by atoms with E-state index < -0.39 is 11.9 Å². The topological polar surface area (TPSA) is 83.5 Å². The lowest BCUT2D eigenvalue weighted by Crippen LogP contribution is -2.42. The summed E-state index contributed by atoms with van der Waals surface area (Å²) >= 11 is 0. The van der Waals surface area contributed by atoms with Crippen molar-refractivity contribution in [2.45, 2.75) is 70.3 Å². The molecule has 0 spiro atoms. The molecule has 5 heteroatoms. The number of rotatable bonds is 6. The zero-order valence-electron chi connectivity index (χ0n) is 15.1. The molecule has 0 saturated heterocycles. The van der Waals surface area contributed by atoms with Crippen molar-refractivity contribution in [3.05, 3.63) is 34.9 Å². The van der Waals surface area contributed by atoms with Crippen molar-refractivity contribution >= 4 is 17.7 Å². The van der Waals surface area contributed by atoms with Crippen molar-refractivity contribution in [1.82, 2.24) is 5.32 Å². The number of aliphatic carboxylic acids is 1. The zero-order valence-corrected chi connectivity index (χ0v) is 15.1. The number of Topliss-reactive ketones (excluding diaryl/α,β-unsaturated/α-hetero) is 1. The normalized spacial score (nSPS) is 22.3. The Balaban J connectivity index is 1.53. The van der Waals surface area contributed by atoms with Crippen LogP contribution in [0.2, 0.25) is 0 Å². The van der Waals surface area contributed by atoms with E-state index in [-0.39, 0.29) is 30.6 Å². The molecule has 5 nitrogen and oxygen atoms in total. The smallest absolute Gasteiger partial charge is 0.308 e. The van der Waals surface area contributed by atoms with Gasteiger partial charge in [-0.1, -0.05) is 31.4 Å². The van der Waals surface area contributed by atoms with Crippen molar-refractivity contribution in [3.63, 3.8) is 0 Å². The third-order valence-electron chi connectivity index (χ3n) is 5.68. The summed E-state index contributed by atoms with van der Waals surface area (Å²) in [5.41, 5.74) is 3.26. The molecule has 2 atom stereocenters. The average Bonchev–Trinajstić information content (AvgIpc) is 2.97. The number of hydrogen-bond donors (Lipinski definition) is 2. The van der Waals surface area contributed by atoms with E-state index in [0.29, 0.717) is 18.4 Å². The van der Waals surface area contributed by atoms with Crippen LogP contribution in [-0.2, 0) is 22.4 Å². The van der Waals surface area contributed by atoms with E-state index in [4.69, 9.17) is 0 Å². The van der Waals surface area contributed by atoms with Gasteiger partial charge in [-0.2, -0.15) is 0 Å². The van der Waals surface area contributed by atoms with E-state index in [1.54, 1.807) is 0 Å². The van der Waals surface area contributed by atoms with E-state index in [9.17, 15) is 19.5 Å². The van der Waals surface area contributed by atoms with Crippen LogP contribution in [0.4, 0.5) is 0 Å². The molecule has 2 N–H and O–H groups in total. The van der Waals surface area contributed by atoms with Crippen LogP contribution >= 0.6 is 0 Å². The predicted octanol–water partition coefficient (Wildman–Crippen LogP) is 3.29. The second kappa shape index (κ2) is 8.47. The molecule has 0 radical (unpaired) electrons. The van der Waals surface area contributed by atoms with Crippen LogP contribution in [-0.4, -0.2) is 28.8 Å². The average molecular weight is 357 g/mol. The van der Waals surface area contributed by atoms with Gasteiger partial charge in [0, 0.05) is 24.4 Å². The van der Waals surface area contributed by atoms with Crippen LogP contribution in [0.5, 0.6) is 0 Å². The van der Waals surface area contributed by atoms with Crippen LogP contribution in [0.1, 0.15) is 72.9 Å². The van der Waals surface area contributed by atoms with Gasteiger partial charge in [-0.25, -0.2) is 0 Å². The van der Waals surface area contributed by atoms with Gasteiger partial charge < -0.3 is 10.4 Å². The van der Waals surface area contributed by atoms with Gasteiger partial charge in [0.05, 0.1) is 5.92 Å². The van der Waals surface area contributed by atoms with E-state index in [1.165, 1.54) is 11.1 Å². The first-order valence-corrected chi connectivity index (χ1v) is 9.72. The molecular weight excluding hydrogens is 330 g/mol. The van der Waals surface area contributed by atoms with Crippen molar-refractivity contribution < 1.29 is 19.5 Å². The van der Waals surface area contributed by atoms with Crippen LogP contribution in [0.25, 0.3) is 0 Å². The number of benzene rings is 1. The second-order valence-corrected chi connectivity index (χ2v) is 7.52. The molecule has 0 heterocycles. The minimum Gasteiger partial charge on any atom is -0.481 e. The Morgan fingerprint density at radius 1 is 0.962 bits per heavy atom. The largest absolute Gasteiger partial charge is 0.481 e. The van der Waals surface area contributed by atoms with E-state index in [2.05, 4.69) is 5.32 Å². The predicted molar refractivity (Wildman–Crippen MR) is 98.2 cm³/mol. The highest BCUT2D eigenvalue weighted by molar-refractivity contribution is 5.98. The second-order valence-electron chi connectivity index (χ2n) is 7.52. The molecule has 140 valence electrons. The molecule has 0 aromatic heterocycles. The monoisotopic (exact) mass is 357 g/mol. The van der Waals surface area contributed by atoms with Crippen LogP contribution in [0, 0.1) is 5.92 Å². The number of carboxylic acid groups (broad SMARTS) is 1. The molecular formula is C21H27NO4. The lowest BCUT2D eigenvalue weighted by molar-refractivity contribution is -0.143. The first-order valence-electron chi connectivity index (χ1n) is 9.72. The molecule has 2 aliphatic rings. The first kappa shape index (κ1) is 18.6. The molecule has 2 aliphatic carbocycles. The summed E-state index contributed by atoms with van der Waals surface area (Å²) in [6.07, 6.45) is 7.65. The summed E-state index contributed by atoms with van der Waals surface area (Å²) in [6.45, 7) is 0. The highest BCUT2D eigenvalue weighted by Gasteiger charge is 2.30. The quantitative estimate of drug-likeness (QED) is 0.604. The Bertz CT molecular complexity index is 697. The third kappa shape index (κ3) is 4.51. The lowest BCUT2D eigenvalue weighted by atomic mass is 9.94. The van der Waals surface area contributed by atoms with Crippen LogP contribution < -0.4 is 5.32 Å². The zero-order chi connectivity index (χ0) is 18.5. The molecule has 3 rings (SSSR count). The Morgan fingerprint density at radius 3 is 2.54 bits per heavy atom. The van der Waals surface area contributed by atoms with E-state index in [1.807, 2.05) is 18.2 Å². The summed E-state index contributed by atoms with van der Waals surface area (Å²) in [6, 6.07) is 5.53. The molecule has 1 amide bonds. The number of carboxylic acids is 1. The number of nitrogens with one attached hydrogen (secondary N) is 1. The Hall–Kier alpha value is -2.17. The fourth-order valence-electron chi connectivity index (χ4n) is 4.17. The number of carbonyl (C=O) groups excluding carboxylic acids is 2. The molecule has 26 heavy (non-hydrogen) atoms. The molecule has 0 bridgehead atoms. The number of amides is 1. The van der Waals surface area contributed by atoms with Crippen molar-refractivity contribution in [2.75, 3.05) is 0 Å². The standard InChI is InChI=1S/C21H27NO4/c23-19(16-10-9-14-5-4-6-15(14)13-16)11-12-20(24)22-18-8-3-1-2-7-17(18)21(25)26/h9-10,13,17-18H,1-8,11-12H2,(H,22,24)(H,25,26)/t17-,18+/m1/s1. The fourth-order valence-corrected chi connectivity index (χ4v) is 4.17. The molecule has 1 aromatic rings. The maximum Gasteiger partial charge on any atom is 0.308 e. The Labute approximate surface area is 154 Å². The minimum absolute atomic E-state index is 0.0227. The van der Waals surface area contributed by atoms with E-state index >= 15 is 0 Å². The van der Waals surface area contributed by atoms with Gasteiger partial charge in [-0.15, -0.1) is 0 Å². The van der Waals surface area contributed by atoms with Crippen LogP contribution in [0.15, 0.2) is 18.2 Å². The highest BCUT2D eigenvalue weighted by atomic mass is 16.4. The van der Waals surface area contributed by atoms with Gasteiger partial charge in [-0.3, -0.25) is 14.4 Å². The van der Waals surface area contributed by atoms with Gasteiger partial charge in [0.2, 0.25) is 5.91 Å². The van der Waals surface area contributed by atoms with Crippen molar-refractivity contribution in [1.29, 1.82) is 0 Å². The van der Waals surface area contributed by atoms with Gasteiger partial charge in [-0.05, 0) is 49.3 Å². The summed E-state index contributed by atoms with van der Waals surface area (Å²) < 4.78 is 0. The molecule has 0 aliphatic heterocycles. The van der Waals surface area contributed by atoms with Crippen molar-refractivity contribution in [3.8, 4) is 0 Å². The first-order chi connectivity index (χ1) is 12.5. The highest BCUT2D eigenvalue weighted by Crippen LogP contribution is 2.25. The molecule has 1 fully saturated rings. The number of ketones is 1. The minimum atomic E-state index is -0.841. The Kier molecular flexibility index (Phi) is 6.07. The lowest BCUT2D eigenvalue weighted by Gasteiger charge is -2.22. The number of fused-ring (bicyclic) bond motifs is 1. The summed E-state index contributed by atoms with van der Waals surface area (Å²) in [5, 5.41) is 12.3. The third-order valence-corrected chi connectivity index (χ3v) is 5.68. The number of hydrogen-bond acceptors (Lipinski definition) is 3. The molecule has 1 saturated carbocycles. The van der Waals surface area contributed by atoms with E-state index in [0.717, 1.165) is 38.5 Å². The molecule has 0 unspecified atom stereocenters.